The highest BCUT2D eigenvalue weighted by atomic mass is 35.5. The summed E-state index contributed by atoms with van der Waals surface area (Å²) in [5.74, 6) is 1.24. The van der Waals surface area contributed by atoms with Gasteiger partial charge in [-0.1, -0.05) is 41.9 Å². The van der Waals surface area contributed by atoms with Gasteiger partial charge in [-0.2, -0.15) is 0 Å². The Hall–Kier alpha value is -1.67. The lowest BCUT2D eigenvalue weighted by Gasteiger charge is -2.26. The van der Waals surface area contributed by atoms with Crippen LogP contribution in [0.4, 0.5) is 5.69 Å². The average Bonchev–Trinajstić information content (AvgIpc) is 2.46. The number of nitrogens with one attached hydrogen (secondary N) is 1. The van der Waals surface area contributed by atoms with Gasteiger partial charge >= 0.3 is 0 Å². The summed E-state index contributed by atoms with van der Waals surface area (Å²) in [6.45, 7) is 1.63. The molecule has 1 heterocycles. The zero-order chi connectivity index (χ0) is 13.1. The molecule has 19 heavy (non-hydrogen) atoms. The van der Waals surface area contributed by atoms with E-state index in [0.717, 1.165) is 18.7 Å². The lowest BCUT2D eigenvalue weighted by atomic mass is 9.95. The second-order valence-electron chi connectivity index (χ2n) is 4.85. The second kappa shape index (κ2) is 5.54. The van der Waals surface area contributed by atoms with Gasteiger partial charge in [0.05, 0.1) is 11.6 Å². The van der Waals surface area contributed by atoms with Crippen LogP contribution < -0.4 is 10.1 Å². The molecule has 0 saturated carbocycles. The lowest BCUT2D eigenvalue weighted by Crippen LogP contribution is -2.28. The Balaban J connectivity index is 1.62. The molecule has 0 spiro atoms. The fraction of sp³-hybridized carbons (Fsp3) is 0.250. The van der Waals surface area contributed by atoms with Crippen molar-refractivity contribution in [3.63, 3.8) is 0 Å². The molecular formula is C16H16ClNO. The van der Waals surface area contributed by atoms with Crippen LogP contribution in [0.5, 0.6) is 5.75 Å². The minimum Gasteiger partial charge on any atom is -0.492 e. The zero-order valence-electron chi connectivity index (χ0n) is 10.6. The third-order valence-corrected chi connectivity index (χ3v) is 3.73. The molecule has 1 N–H and O–H groups in total. The summed E-state index contributed by atoms with van der Waals surface area (Å²) >= 11 is 6.08. The molecule has 1 aliphatic rings. The highest BCUT2D eigenvalue weighted by molar-refractivity contribution is 6.32. The van der Waals surface area contributed by atoms with E-state index in [-0.39, 0.29) is 0 Å². The number of hydrogen-bond acceptors (Lipinski definition) is 2. The smallest absolute Gasteiger partial charge is 0.137 e. The third kappa shape index (κ3) is 2.85. The van der Waals surface area contributed by atoms with E-state index in [9.17, 15) is 0 Å². The zero-order valence-corrected chi connectivity index (χ0v) is 11.4. The topological polar surface area (TPSA) is 21.3 Å². The third-order valence-electron chi connectivity index (χ3n) is 3.42. The number of halogens is 1. The molecule has 2 aromatic carbocycles. The highest BCUT2D eigenvalue weighted by Crippen LogP contribution is 2.27. The molecule has 0 aliphatic carbocycles. The number of para-hydroxylation sites is 2. The van der Waals surface area contributed by atoms with Crippen LogP contribution in [0.1, 0.15) is 5.56 Å². The van der Waals surface area contributed by atoms with Crippen LogP contribution in [0, 0.1) is 5.92 Å². The molecular weight excluding hydrogens is 258 g/mol. The molecule has 0 bridgehead atoms. The summed E-state index contributed by atoms with van der Waals surface area (Å²) < 4.78 is 5.82. The van der Waals surface area contributed by atoms with Crippen molar-refractivity contribution in [2.75, 3.05) is 18.5 Å². The summed E-state index contributed by atoms with van der Waals surface area (Å²) in [4.78, 5) is 0. The maximum atomic E-state index is 6.08. The normalized spacial score (nSPS) is 17.4. The van der Waals surface area contributed by atoms with Crippen molar-refractivity contribution in [2.45, 2.75) is 6.42 Å². The van der Waals surface area contributed by atoms with Crippen molar-refractivity contribution in [1.82, 2.24) is 0 Å². The number of hydrogen-bond donors (Lipinski definition) is 1. The predicted molar refractivity (Wildman–Crippen MR) is 79.1 cm³/mol. The molecule has 0 fully saturated rings. The van der Waals surface area contributed by atoms with Crippen molar-refractivity contribution in [3.8, 4) is 5.75 Å². The summed E-state index contributed by atoms with van der Waals surface area (Å²) in [5, 5.41) is 4.12. The predicted octanol–water partition coefficient (Wildman–Crippen LogP) is 4.00. The Kier molecular flexibility index (Phi) is 3.60. The monoisotopic (exact) mass is 273 g/mol. The van der Waals surface area contributed by atoms with E-state index in [0.29, 0.717) is 17.5 Å². The Morgan fingerprint density at radius 2 is 1.89 bits per heavy atom. The van der Waals surface area contributed by atoms with E-state index in [1.165, 1.54) is 11.3 Å². The number of rotatable bonds is 3. The number of benzene rings is 2. The van der Waals surface area contributed by atoms with Gasteiger partial charge < -0.3 is 10.1 Å². The Labute approximate surface area is 118 Å². The van der Waals surface area contributed by atoms with E-state index in [1.807, 2.05) is 24.3 Å². The first-order valence-corrected chi connectivity index (χ1v) is 6.90. The van der Waals surface area contributed by atoms with Crippen molar-refractivity contribution in [3.05, 3.63) is 59.1 Å². The standard InChI is InChI=1S/C16H16ClNO/c17-14-6-2-4-8-16(14)19-11-12-9-13-5-1-3-7-15(13)18-10-12/h1-8,12,18H,9-11H2. The van der Waals surface area contributed by atoms with Crippen LogP contribution in [0.25, 0.3) is 0 Å². The first kappa shape index (κ1) is 12.4. The molecule has 98 valence electrons. The fourth-order valence-electron chi connectivity index (χ4n) is 2.40. The average molecular weight is 274 g/mol. The van der Waals surface area contributed by atoms with Gasteiger partial charge in [0.15, 0.2) is 0 Å². The summed E-state index contributed by atoms with van der Waals surface area (Å²) in [6, 6.07) is 16.1. The largest absolute Gasteiger partial charge is 0.492 e. The molecule has 0 saturated heterocycles. The Morgan fingerprint density at radius 1 is 1.11 bits per heavy atom. The van der Waals surface area contributed by atoms with E-state index < -0.39 is 0 Å². The van der Waals surface area contributed by atoms with Gasteiger partial charge in [-0.3, -0.25) is 0 Å². The maximum absolute atomic E-state index is 6.08. The van der Waals surface area contributed by atoms with E-state index in [1.54, 1.807) is 0 Å². The van der Waals surface area contributed by atoms with Crippen LogP contribution in [0.2, 0.25) is 5.02 Å². The van der Waals surface area contributed by atoms with Crippen LogP contribution >= 0.6 is 11.6 Å². The molecule has 2 aromatic rings. The van der Waals surface area contributed by atoms with Crippen molar-refractivity contribution < 1.29 is 4.74 Å². The molecule has 2 nitrogen and oxygen atoms in total. The maximum Gasteiger partial charge on any atom is 0.137 e. The van der Waals surface area contributed by atoms with Crippen molar-refractivity contribution >= 4 is 17.3 Å². The highest BCUT2D eigenvalue weighted by Gasteiger charge is 2.18. The van der Waals surface area contributed by atoms with Gasteiger partial charge in [0.2, 0.25) is 0 Å². The minimum atomic E-state index is 0.478. The first-order chi connectivity index (χ1) is 9.33. The van der Waals surface area contributed by atoms with Crippen LogP contribution in [-0.2, 0) is 6.42 Å². The molecule has 1 atom stereocenters. The van der Waals surface area contributed by atoms with E-state index in [4.69, 9.17) is 16.3 Å². The molecule has 1 aliphatic heterocycles. The lowest BCUT2D eigenvalue weighted by molar-refractivity contribution is 0.252. The quantitative estimate of drug-likeness (QED) is 0.913. The second-order valence-corrected chi connectivity index (χ2v) is 5.26. The van der Waals surface area contributed by atoms with E-state index >= 15 is 0 Å². The molecule has 0 aromatic heterocycles. The minimum absolute atomic E-state index is 0.478. The van der Waals surface area contributed by atoms with Crippen LogP contribution in [0.15, 0.2) is 48.5 Å². The van der Waals surface area contributed by atoms with Gasteiger partial charge in [-0.05, 0) is 30.2 Å². The molecule has 0 radical (unpaired) electrons. The summed E-state index contributed by atoms with van der Waals surface area (Å²) in [6.07, 6.45) is 1.05. The molecule has 3 rings (SSSR count). The van der Waals surface area contributed by atoms with E-state index in [2.05, 4.69) is 29.6 Å². The Morgan fingerprint density at radius 3 is 2.79 bits per heavy atom. The van der Waals surface area contributed by atoms with Crippen molar-refractivity contribution in [1.29, 1.82) is 0 Å². The van der Waals surface area contributed by atoms with Gasteiger partial charge in [0.1, 0.15) is 5.75 Å². The van der Waals surface area contributed by atoms with Gasteiger partial charge in [-0.15, -0.1) is 0 Å². The first-order valence-electron chi connectivity index (χ1n) is 6.52. The summed E-state index contributed by atoms with van der Waals surface area (Å²) in [7, 11) is 0. The van der Waals surface area contributed by atoms with Gasteiger partial charge in [0, 0.05) is 18.2 Å². The molecule has 0 amide bonds. The van der Waals surface area contributed by atoms with Gasteiger partial charge in [0.25, 0.3) is 0 Å². The molecule has 3 heteroatoms. The number of ether oxygens (including phenoxy) is 1. The molecule has 1 unspecified atom stereocenters. The number of fused-ring (bicyclic) bond motifs is 1. The van der Waals surface area contributed by atoms with Crippen molar-refractivity contribution in [2.24, 2.45) is 5.92 Å². The Bertz CT molecular complexity index is 570. The SMILES string of the molecule is Clc1ccccc1OCC1CNc2ccccc2C1. The summed E-state index contributed by atoms with van der Waals surface area (Å²) in [5.41, 5.74) is 2.61. The van der Waals surface area contributed by atoms with Crippen LogP contribution in [0.3, 0.4) is 0 Å². The fourth-order valence-corrected chi connectivity index (χ4v) is 2.59. The van der Waals surface area contributed by atoms with Crippen LogP contribution in [-0.4, -0.2) is 13.2 Å². The van der Waals surface area contributed by atoms with Gasteiger partial charge in [-0.25, -0.2) is 0 Å². The number of anilines is 1.